The lowest BCUT2D eigenvalue weighted by molar-refractivity contribution is 0.183. The number of aryl methyl sites for hydroxylation is 1. The summed E-state index contributed by atoms with van der Waals surface area (Å²) in [5, 5.41) is 2.40. The van der Waals surface area contributed by atoms with Gasteiger partial charge in [-0.05, 0) is 60.2 Å². The first-order chi connectivity index (χ1) is 14.0. The minimum Gasteiger partial charge on any atom is -0.484 e. The van der Waals surface area contributed by atoms with Crippen LogP contribution in [0.4, 0.5) is 9.52 Å². The van der Waals surface area contributed by atoms with Crippen molar-refractivity contribution in [3.8, 4) is 5.75 Å². The van der Waals surface area contributed by atoms with E-state index in [1.165, 1.54) is 11.3 Å². The zero-order valence-electron chi connectivity index (χ0n) is 15.3. The summed E-state index contributed by atoms with van der Waals surface area (Å²) in [5.74, 6) is 0.490. The molecule has 1 aliphatic rings. The van der Waals surface area contributed by atoms with E-state index < -0.39 is 16.7 Å². The summed E-state index contributed by atoms with van der Waals surface area (Å²) < 4.78 is 46.7. The average molecular weight is 453 g/mol. The summed E-state index contributed by atoms with van der Waals surface area (Å²) in [7, 11) is -3.71. The topological polar surface area (TPSA) is 68.3 Å². The van der Waals surface area contributed by atoms with Crippen molar-refractivity contribution in [3.63, 3.8) is 0 Å². The maximum atomic E-state index is 12.8. The molecule has 3 aromatic rings. The maximum Gasteiger partial charge on any atom is 0.263 e. The summed E-state index contributed by atoms with van der Waals surface area (Å²) in [5.41, 5.74) is 2.36. The van der Waals surface area contributed by atoms with Crippen LogP contribution in [0.15, 0.2) is 52.9 Å². The normalized spacial score (nSPS) is 16.3. The Morgan fingerprint density at radius 3 is 2.86 bits per heavy atom. The van der Waals surface area contributed by atoms with Gasteiger partial charge in [0.15, 0.2) is 5.13 Å². The van der Waals surface area contributed by atoms with Gasteiger partial charge in [-0.2, -0.15) is 0 Å². The number of aromatic nitrogens is 1. The molecule has 9 heteroatoms. The smallest absolute Gasteiger partial charge is 0.263 e. The molecule has 0 bridgehead atoms. The van der Waals surface area contributed by atoms with E-state index in [1.54, 1.807) is 48.0 Å². The summed E-state index contributed by atoms with van der Waals surface area (Å²) in [4.78, 5) is 4.16. The Morgan fingerprint density at radius 2 is 2.14 bits per heavy atom. The third-order valence-corrected chi connectivity index (χ3v) is 7.21. The molecule has 29 heavy (non-hydrogen) atoms. The van der Waals surface area contributed by atoms with Crippen LogP contribution >= 0.6 is 22.9 Å². The van der Waals surface area contributed by atoms with Gasteiger partial charge in [-0.15, -0.1) is 11.3 Å². The van der Waals surface area contributed by atoms with Gasteiger partial charge in [0.1, 0.15) is 18.5 Å². The third-order valence-electron chi connectivity index (χ3n) is 4.76. The molecule has 0 saturated heterocycles. The Morgan fingerprint density at radius 1 is 1.28 bits per heavy atom. The van der Waals surface area contributed by atoms with Gasteiger partial charge in [0.05, 0.1) is 9.92 Å². The van der Waals surface area contributed by atoms with Crippen LogP contribution in [0.2, 0.25) is 5.02 Å². The van der Waals surface area contributed by atoms with Gasteiger partial charge in [0, 0.05) is 11.6 Å². The fraction of sp³-hybridized carbons (Fsp3) is 0.250. The molecule has 4 rings (SSSR count). The number of nitrogens with one attached hydrogen (secondary N) is 1. The molecule has 1 atom stereocenters. The zero-order chi connectivity index (χ0) is 20.4. The largest absolute Gasteiger partial charge is 0.484 e. The van der Waals surface area contributed by atoms with E-state index in [4.69, 9.17) is 16.3 Å². The summed E-state index contributed by atoms with van der Waals surface area (Å²) in [6.07, 6.45) is 3.72. The first-order valence-electron chi connectivity index (χ1n) is 9.02. The number of halogens is 2. The van der Waals surface area contributed by atoms with E-state index in [2.05, 4.69) is 9.71 Å². The minimum atomic E-state index is -3.71. The molecular formula is C20H18ClFN2O3S2. The maximum absolute atomic E-state index is 12.8. The fourth-order valence-corrected chi connectivity index (χ4v) is 5.45. The Balaban J connectivity index is 1.59. The molecule has 1 heterocycles. The molecule has 1 aliphatic carbocycles. The lowest BCUT2D eigenvalue weighted by Gasteiger charge is -2.27. The van der Waals surface area contributed by atoms with Crippen LogP contribution in [-0.2, 0) is 23.1 Å². The molecular weight excluding hydrogens is 435 g/mol. The van der Waals surface area contributed by atoms with Crippen LogP contribution in [0.3, 0.4) is 0 Å². The van der Waals surface area contributed by atoms with Crippen molar-refractivity contribution in [2.75, 3.05) is 4.72 Å². The quantitative estimate of drug-likeness (QED) is 0.534. The highest BCUT2D eigenvalue weighted by Gasteiger charge is 2.25. The number of thiazole rings is 1. The number of benzene rings is 2. The Labute approximate surface area is 177 Å². The molecule has 0 saturated carbocycles. The van der Waals surface area contributed by atoms with Crippen molar-refractivity contribution in [2.45, 2.75) is 36.9 Å². The van der Waals surface area contributed by atoms with Crippen molar-refractivity contribution >= 4 is 38.1 Å². The van der Waals surface area contributed by atoms with E-state index >= 15 is 0 Å². The van der Waals surface area contributed by atoms with Crippen LogP contribution in [0.1, 0.15) is 35.6 Å². The first kappa shape index (κ1) is 20.1. The van der Waals surface area contributed by atoms with Gasteiger partial charge in [-0.3, -0.25) is 4.72 Å². The van der Waals surface area contributed by atoms with E-state index in [9.17, 15) is 12.8 Å². The minimum absolute atomic E-state index is 0.192. The number of rotatable bonds is 6. The first-order valence-corrected chi connectivity index (χ1v) is 11.8. The number of alkyl halides is 1. The molecule has 5 nitrogen and oxygen atoms in total. The summed E-state index contributed by atoms with van der Waals surface area (Å²) in [6.45, 7) is -0.585. The van der Waals surface area contributed by atoms with Crippen molar-refractivity contribution in [1.29, 1.82) is 0 Å². The number of fused-ring (bicyclic) bond motifs is 1. The lowest BCUT2D eigenvalue weighted by Crippen LogP contribution is -2.18. The second-order valence-electron chi connectivity index (χ2n) is 6.70. The molecule has 152 valence electrons. The Kier molecular flexibility index (Phi) is 5.76. The van der Waals surface area contributed by atoms with Crippen molar-refractivity contribution < 1.29 is 17.5 Å². The van der Waals surface area contributed by atoms with E-state index in [0.717, 1.165) is 30.4 Å². The van der Waals surface area contributed by atoms with Crippen LogP contribution in [0.5, 0.6) is 5.75 Å². The molecule has 0 spiro atoms. The van der Waals surface area contributed by atoms with Crippen molar-refractivity contribution in [3.05, 3.63) is 69.7 Å². The number of sulfonamides is 1. The van der Waals surface area contributed by atoms with Gasteiger partial charge in [0.2, 0.25) is 0 Å². The molecule has 1 N–H and O–H groups in total. The zero-order valence-corrected chi connectivity index (χ0v) is 17.7. The Bertz CT molecular complexity index is 1120. The standard InChI is InChI=1S/C20H18ClFN2O3S2/c21-17-10-13(12-22)4-7-19(17)27-18-3-1-2-14-11-15(5-6-16(14)18)29(25,26)24-20-23-8-9-28-20/h4-11,18H,1-3,12H2,(H,23,24). The monoisotopic (exact) mass is 452 g/mol. The van der Waals surface area contributed by atoms with Gasteiger partial charge < -0.3 is 4.74 Å². The molecule has 0 aliphatic heterocycles. The Hall–Kier alpha value is -2.16. The number of anilines is 1. The van der Waals surface area contributed by atoms with Gasteiger partial charge in [0.25, 0.3) is 10.0 Å². The van der Waals surface area contributed by atoms with E-state index in [-0.39, 0.29) is 11.0 Å². The lowest BCUT2D eigenvalue weighted by atomic mass is 9.89. The third kappa shape index (κ3) is 4.39. The molecule has 0 fully saturated rings. The highest BCUT2D eigenvalue weighted by atomic mass is 35.5. The highest BCUT2D eigenvalue weighted by Crippen LogP contribution is 2.37. The second-order valence-corrected chi connectivity index (χ2v) is 9.68. The fourth-order valence-electron chi connectivity index (χ4n) is 3.36. The van der Waals surface area contributed by atoms with Crippen LogP contribution < -0.4 is 9.46 Å². The second kappa shape index (κ2) is 8.30. The highest BCUT2D eigenvalue weighted by molar-refractivity contribution is 7.93. The number of hydrogen-bond acceptors (Lipinski definition) is 5. The molecule has 1 unspecified atom stereocenters. The number of ether oxygens (including phenoxy) is 1. The molecule has 0 amide bonds. The predicted molar refractivity (Wildman–Crippen MR) is 112 cm³/mol. The van der Waals surface area contributed by atoms with Crippen LogP contribution in [0, 0.1) is 0 Å². The number of hydrogen-bond donors (Lipinski definition) is 1. The van der Waals surface area contributed by atoms with E-state index in [1.807, 2.05) is 0 Å². The average Bonchev–Trinajstić information content (AvgIpc) is 3.21. The predicted octanol–water partition coefficient (Wildman–Crippen LogP) is 5.52. The molecule has 2 aromatic carbocycles. The van der Waals surface area contributed by atoms with Gasteiger partial charge in [-0.1, -0.05) is 23.7 Å². The van der Waals surface area contributed by atoms with E-state index in [0.29, 0.717) is 21.5 Å². The SMILES string of the molecule is O=S(=O)(Nc1nccs1)c1ccc2c(c1)CCCC2Oc1ccc(CF)cc1Cl. The van der Waals surface area contributed by atoms with Crippen LogP contribution in [-0.4, -0.2) is 13.4 Å². The van der Waals surface area contributed by atoms with Crippen LogP contribution in [0.25, 0.3) is 0 Å². The van der Waals surface area contributed by atoms with Gasteiger partial charge in [-0.25, -0.2) is 17.8 Å². The van der Waals surface area contributed by atoms with Crippen molar-refractivity contribution in [2.24, 2.45) is 0 Å². The van der Waals surface area contributed by atoms with Crippen molar-refractivity contribution in [1.82, 2.24) is 4.98 Å². The summed E-state index contributed by atoms with van der Waals surface area (Å²) in [6, 6.07) is 9.92. The molecule has 1 aromatic heterocycles. The summed E-state index contributed by atoms with van der Waals surface area (Å²) >= 11 is 7.44. The number of nitrogens with zero attached hydrogens (tertiary/aromatic N) is 1. The molecule has 0 radical (unpaired) electrons. The van der Waals surface area contributed by atoms with Gasteiger partial charge >= 0.3 is 0 Å².